The van der Waals surface area contributed by atoms with E-state index in [0.717, 1.165) is 11.3 Å². The van der Waals surface area contributed by atoms with Crippen LogP contribution < -0.4 is 10.5 Å². The number of hydrogen-bond donors (Lipinski definition) is 1. The molecule has 2 N–H and O–H groups in total. The van der Waals surface area contributed by atoms with Crippen molar-refractivity contribution in [2.75, 3.05) is 12.3 Å². The molecule has 0 aliphatic carbocycles. The van der Waals surface area contributed by atoms with Crippen LogP contribution in [0.1, 0.15) is 11.3 Å². The van der Waals surface area contributed by atoms with Gasteiger partial charge in [-0.05, 0) is 42.8 Å². The average molecular weight is 272 g/mol. The molecule has 20 heavy (non-hydrogen) atoms. The molecule has 0 saturated carbocycles. The molecule has 1 aromatic heterocycles. The van der Waals surface area contributed by atoms with E-state index in [1.807, 2.05) is 19.1 Å². The van der Waals surface area contributed by atoms with Crippen molar-refractivity contribution >= 4 is 11.7 Å². The molecular weight excluding hydrogens is 256 g/mol. The molecule has 0 aliphatic heterocycles. The lowest BCUT2D eigenvalue weighted by Crippen LogP contribution is -2.15. The molecule has 0 fully saturated rings. The lowest BCUT2D eigenvalue weighted by molar-refractivity contribution is -0.147. The van der Waals surface area contributed by atoms with Gasteiger partial charge in [-0.15, -0.1) is 0 Å². The monoisotopic (exact) mass is 272 g/mol. The predicted molar refractivity (Wildman–Crippen MR) is 75.1 cm³/mol. The smallest absolute Gasteiger partial charge is 0.344 e. The van der Waals surface area contributed by atoms with Crippen LogP contribution >= 0.6 is 0 Å². The van der Waals surface area contributed by atoms with Crippen molar-refractivity contribution in [3.05, 3.63) is 53.9 Å². The van der Waals surface area contributed by atoms with Gasteiger partial charge in [0, 0.05) is 11.9 Å². The summed E-state index contributed by atoms with van der Waals surface area (Å²) in [5.41, 5.74) is 7.93. The van der Waals surface area contributed by atoms with E-state index in [4.69, 9.17) is 15.2 Å². The number of carbonyl (C=O) groups is 1. The molecule has 0 aliphatic rings. The Morgan fingerprint density at radius 3 is 2.70 bits per heavy atom. The van der Waals surface area contributed by atoms with E-state index >= 15 is 0 Å². The molecule has 0 saturated heterocycles. The van der Waals surface area contributed by atoms with Gasteiger partial charge in [0.25, 0.3) is 0 Å². The summed E-state index contributed by atoms with van der Waals surface area (Å²) in [5, 5.41) is 0. The minimum Gasteiger partial charge on any atom is -0.482 e. The zero-order valence-electron chi connectivity index (χ0n) is 11.2. The molecule has 0 radical (unpaired) electrons. The largest absolute Gasteiger partial charge is 0.482 e. The van der Waals surface area contributed by atoms with Gasteiger partial charge in [-0.3, -0.25) is 4.98 Å². The number of nitrogens with two attached hydrogens (primary N) is 1. The van der Waals surface area contributed by atoms with Crippen molar-refractivity contribution in [1.29, 1.82) is 0 Å². The Balaban J connectivity index is 1.78. The lowest BCUT2D eigenvalue weighted by Gasteiger charge is -2.08. The first-order valence-electron chi connectivity index (χ1n) is 6.19. The summed E-state index contributed by atoms with van der Waals surface area (Å²) in [5.74, 6) is 0.136. The highest BCUT2D eigenvalue weighted by Gasteiger charge is 2.06. The van der Waals surface area contributed by atoms with Crippen LogP contribution in [0.3, 0.4) is 0 Å². The van der Waals surface area contributed by atoms with Crippen LogP contribution in [0.5, 0.6) is 5.75 Å². The standard InChI is InChI=1S/C15H16N2O3/c1-11-3-2-8-17-14(11)9-20-15(18)10-19-13-6-4-12(16)5-7-13/h2-8H,9-10,16H2,1H3. The number of hydrogen-bond acceptors (Lipinski definition) is 5. The van der Waals surface area contributed by atoms with E-state index in [0.29, 0.717) is 11.4 Å². The fourth-order valence-corrected chi connectivity index (χ4v) is 1.57. The van der Waals surface area contributed by atoms with Crippen LogP contribution in [-0.2, 0) is 16.1 Å². The average Bonchev–Trinajstić information content (AvgIpc) is 2.46. The Labute approximate surface area is 117 Å². The van der Waals surface area contributed by atoms with Crippen LogP contribution in [0.25, 0.3) is 0 Å². The molecule has 2 aromatic rings. The van der Waals surface area contributed by atoms with Crippen LogP contribution in [-0.4, -0.2) is 17.6 Å². The molecule has 0 amide bonds. The molecular formula is C15H16N2O3. The third-order valence-corrected chi connectivity index (χ3v) is 2.72. The van der Waals surface area contributed by atoms with Gasteiger partial charge < -0.3 is 15.2 Å². The minimum atomic E-state index is -0.438. The predicted octanol–water partition coefficient (Wildman–Crippen LogP) is 2.09. The molecule has 5 nitrogen and oxygen atoms in total. The van der Waals surface area contributed by atoms with E-state index in [9.17, 15) is 4.79 Å². The van der Waals surface area contributed by atoms with Gasteiger partial charge in [-0.2, -0.15) is 0 Å². The second kappa shape index (κ2) is 6.56. The van der Waals surface area contributed by atoms with Gasteiger partial charge in [0.05, 0.1) is 5.69 Å². The van der Waals surface area contributed by atoms with E-state index in [-0.39, 0.29) is 13.2 Å². The maximum atomic E-state index is 11.6. The number of aryl methyl sites for hydroxylation is 1. The Hall–Kier alpha value is -2.56. The SMILES string of the molecule is Cc1cccnc1COC(=O)COc1ccc(N)cc1. The fraction of sp³-hybridized carbons (Fsp3) is 0.200. The second-order valence-electron chi connectivity index (χ2n) is 4.29. The maximum Gasteiger partial charge on any atom is 0.344 e. The number of nitrogens with zero attached hydrogens (tertiary/aromatic N) is 1. The number of rotatable bonds is 5. The van der Waals surface area contributed by atoms with Crippen LogP contribution in [0.4, 0.5) is 5.69 Å². The summed E-state index contributed by atoms with van der Waals surface area (Å²) in [4.78, 5) is 15.7. The summed E-state index contributed by atoms with van der Waals surface area (Å²) in [6, 6.07) is 10.6. The number of esters is 1. The van der Waals surface area contributed by atoms with Crippen molar-refractivity contribution in [3.63, 3.8) is 0 Å². The Morgan fingerprint density at radius 2 is 2.00 bits per heavy atom. The fourth-order valence-electron chi connectivity index (χ4n) is 1.57. The number of ether oxygens (including phenoxy) is 2. The van der Waals surface area contributed by atoms with Crippen molar-refractivity contribution in [2.45, 2.75) is 13.5 Å². The topological polar surface area (TPSA) is 74.4 Å². The normalized spacial score (nSPS) is 10.1. The van der Waals surface area contributed by atoms with Gasteiger partial charge in [0.15, 0.2) is 6.61 Å². The van der Waals surface area contributed by atoms with Gasteiger partial charge in [-0.1, -0.05) is 6.07 Å². The summed E-state index contributed by atoms with van der Waals surface area (Å²) in [6.45, 7) is 1.92. The van der Waals surface area contributed by atoms with Crippen molar-refractivity contribution in [2.24, 2.45) is 0 Å². The molecule has 0 atom stereocenters. The highest BCUT2D eigenvalue weighted by molar-refractivity contribution is 5.71. The van der Waals surface area contributed by atoms with Crippen molar-refractivity contribution < 1.29 is 14.3 Å². The summed E-state index contributed by atoms with van der Waals surface area (Å²) >= 11 is 0. The zero-order chi connectivity index (χ0) is 14.4. The Kier molecular flexibility index (Phi) is 4.55. The number of pyridine rings is 1. The highest BCUT2D eigenvalue weighted by Crippen LogP contribution is 2.13. The first-order chi connectivity index (χ1) is 9.65. The van der Waals surface area contributed by atoms with Crippen molar-refractivity contribution in [1.82, 2.24) is 4.98 Å². The third-order valence-electron chi connectivity index (χ3n) is 2.72. The highest BCUT2D eigenvalue weighted by atomic mass is 16.6. The third kappa shape index (κ3) is 3.98. The molecule has 1 heterocycles. The van der Waals surface area contributed by atoms with Crippen LogP contribution in [0, 0.1) is 6.92 Å². The van der Waals surface area contributed by atoms with Crippen LogP contribution in [0.15, 0.2) is 42.6 Å². The van der Waals surface area contributed by atoms with Gasteiger partial charge >= 0.3 is 5.97 Å². The first kappa shape index (κ1) is 13.9. The number of benzene rings is 1. The number of anilines is 1. The Morgan fingerprint density at radius 1 is 1.25 bits per heavy atom. The molecule has 1 aromatic carbocycles. The molecule has 0 bridgehead atoms. The van der Waals surface area contributed by atoms with E-state index in [2.05, 4.69) is 4.98 Å². The van der Waals surface area contributed by atoms with Crippen molar-refractivity contribution in [3.8, 4) is 5.75 Å². The summed E-state index contributed by atoms with van der Waals surface area (Å²) in [6.07, 6.45) is 1.67. The zero-order valence-corrected chi connectivity index (χ0v) is 11.2. The molecule has 2 rings (SSSR count). The number of aromatic nitrogens is 1. The Bertz CT molecular complexity index is 582. The second-order valence-corrected chi connectivity index (χ2v) is 4.29. The molecule has 0 spiro atoms. The molecule has 5 heteroatoms. The van der Waals surface area contributed by atoms with E-state index in [1.54, 1.807) is 30.5 Å². The summed E-state index contributed by atoms with van der Waals surface area (Å²) < 4.78 is 10.4. The van der Waals surface area contributed by atoms with Crippen LogP contribution in [0.2, 0.25) is 0 Å². The van der Waals surface area contributed by atoms with Gasteiger partial charge in [0.2, 0.25) is 0 Å². The summed E-state index contributed by atoms with van der Waals surface area (Å²) in [7, 11) is 0. The van der Waals surface area contributed by atoms with E-state index < -0.39 is 5.97 Å². The first-order valence-corrected chi connectivity index (χ1v) is 6.19. The van der Waals surface area contributed by atoms with E-state index in [1.165, 1.54) is 0 Å². The van der Waals surface area contributed by atoms with Gasteiger partial charge in [0.1, 0.15) is 12.4 Å². The molecule has 104 valence electrons. The quantitative estimate of drug-likeness (QED) is 0.666. The maximum absolute atomic E-state index is 11.6. The minimum absolute atomic E-state index is 0.143. The lowest BCUT2D eigenvalue weighted by atomic mass is 10.2. The number of carbonyl (C=O) groups excluding carboxylic acids is 1. The van der Waals surface area contributed by atoms with Gasteiger partial charge in [-0.25, -0.2) is 4.79 Å². The molecule has 0 unspecified atom stereocenters. The number of nitrogen functional groups attached to an aromatic ring is 1.